The number of benzene rings is 1. The van der Waals surface area contributed by atoms with Crippen LogP contribution in [0.25, 0.3) is 27.8 Å². The van der Waals surface area contributed by atoms with E-state index in [1.54, 1.807) is 24.8 Å². The van der Waals surface area contributed by atoms with Crippen molar-refractivity contribution >= 4 is 16.4 Å². The van der Waals surface area contributed by atoms with E-state index in [0.717, 1.165) is 27.8 Å². The molecule has 0 spiro atoms. The van der Waals surface area contributed by atoms with Gasteiger partial charge in [0.2, 0.25) is 0 Å². The van der Waals surface area contributed by atoms with Crippen LogP contribution in [0.5, 0.6) is 0 Å². The van der Waals surface area contributed by atoms with Gasteiger partial charge in [-0.15, -0.1) is 35.0 Å². The number of aromatic nitrogens is 4. The summed E-state index contributed by atoms with van der Waals surface area (Å²) in [6.45, 7) is 0. The number of rotatable bonds is 1. The Morgan fingerprint density at radius 1 is 1.10 bits per heavy atom. The van der Waals surface area contributed by atoms with Crippen molar-refractivity contribution in [2.75, 3.05) is 0 Å². The third-order valence-electron chi connectivity index (χ3n) is 3.13. The maximum Gasteiger partial charge on any atom is 0.104 e. The van der Waals surface area contributed by atoms with Gasteiger partial charge in [0.15, 0.2) is 0 Å². The van der Waals surface area contributed by atoms with Crippen LogP contribution in [0.4, 0.5) is 0 Å². The molecule has 4 rings (SSSR count). The third-order valence-corrected chi connectivity index (χ3v) is 3.13. The van der Waals surface area contributed by atoms with Gasteiger partial charge >= 0.3 is 0 Å². The van der Waals surface area contributed by atoms with Gasteiger partial charge in [0.05, 0.1) is 17.5 Å². The van der Waals surface area contributed by atoms with Gasteiger partial charge in [0, 0.05) is 44.9 Å². The summed E-state index contributed by atoms with van der Waals surface area (Å²) >= 11 is 0. The summed E-state index contributed by atoms with van der Waals surface area (Å²) in [5.41, 5.74) is 2.70. The van der Waals surface area contributed by atoms with Gasteiger partial charge in [-0.25, -0.2) is 0 Å². The molecular weight excluding hydrogens is 428 g/mol. The summed E-state index contributed by atoms with van der Waals surface area (Å²) in [5.74, 6) is 0. The average Bonchev–Trinajstić information content (AvgIpc) is 2.97. The summed E-state index contributed by atoms with van der Waals surface area (Å²) in [6.07, 6.45) is 8.84. The van der Waals surface area contributed by atoms with Crippen molar-refractivity contribution in [3.05, 3.63) is 61.3 Å². The fraction of sp³-hybridized carbons (Fsp3) is 0. The first-order valence-electron chi connectivity index (χ1n) is 5.96. The Labute approximate surface area is 128 Å². The van der Waals surface area contributed by atoms with E-state index in [1.807, 2.05) is 22.7 Å². The molecule has 1 radical (unpaired) electrons. The molecule has 3 heterocycles. The molecule has 0 atom stereocenters. The molecule has 0 aliphatic rings. The standard InChI is InChI=1S/C15H9N4.Ir/c1-2-4-12-11(3-1)9-14(13-10-16-5-6-17-13)19-8-7-18-15(12)19;/h1-3,5-10H;/q-1;. The van der Waals surface area contributed by atoms with Crippen LogP contribution < -0.4 is 0 Å². The minimum Gasteiger partial charge on any atom is -0.339 e. The van der Waals surface area contributed by atoms with Crippen LogP contribution in [0.15, 0.2) is 55.2 Å². The largest absolute Gasteiger partial charge is 0.339 e. The molecule has 0 unspecified atom stereocenters. The van der Waals surface area contributed by atoms with Crippen LogP contribution in [0.3, 0.4) is 0 Å². The first-order valence-corrected chi connectivity index (χ1v) is 5.96. The van der Waals surface area contributed by atoms with E-state index in [1.165, 1.54) is 0 Å². The van der Waals surface area contributed by atoms with Crippen LogP contribution in [0, 0.1) is 6.07 Å². The molecule has 4 nitrogen and oxygen atoms in total. The molecule has 0 amide bonds. The van der Waals surface area contributed by atoms with E-state index in [2.05, 4.69) is 33.2 Å². The fourth-order valence-corrected chi connectivity index (χ4v) is 2.29. The third kappa shape index (κ3) is 1.92. The van der Waals surface area contributed by atoms with Gasteiger partial charge in [-0.1, -0.05) is 6.07 Å². The van der Waals surface area contributed by atoms with Gasteiger partial charge in [0.25, 0.3) is 0 Å². The summed E-state index contributed by atoms with van der Waals surface area (Å²) in [7, 11) is 0. The molecule has 3 aromatic heterocycles. The zero-order valence-electron chi connectivity index (χ0n) is 10.3. The number of pyridine rings is 1. The Morgan fingerprint density at radius 3 is 2.90 bits per heavy atom. The van der Waals surface area contributed by atoms with E-state index in [9.17, 15) is 0 Å². The van der Waals surface area contributed by atoms with Gasteiger partial charge < -0.3 is 4.40 Å². The van der Waals surface area contributed by atoms with E-state index in [4.69, 9.17) is 0 Å². The molecule has 0 fully saturated rings. The van der Waals surface area contributed by atoms with Crippen LogP contribution in [0.2, 0.25) is 0 Å². The van der Waals surface area contributed by atoms with Crippen molar-refractivity contribution in [2.24, 2.45) is 0 Å². The first-order chi connectivity index (χ1) is 9.43. The zero-order valence-corrected chi connectivity index (χ0v) is 12.7. The number of hydrogen-bond acceptors (Lipinski definition) is 3. The van der Waals surface area contributed by atoms with Gasteiger partial charge in [-0.05, 0) is 0 Å². The quantitative estimate of drug-likeness (QED) is 0.430. The Hall–Kier alpha value is -2.10. The normalized spacial score (nSPS) is 10.6. The summed E-state index contributed by atoms with van der Waals surface area (Å²) < 4.78 is 2.02. The molecule has 5 heteroatoms. The molecule has 20 heavy (non-hydrogen) atoms. The molecule has 0 aliphatic carbocycles. The van der Waals surface area contributed by atoms with Crippen LogP contribution in [-0.2, 0) is 20.1 Å². The van der Waals surface area contributed by atoms with Crippen molar-refractivity contribution in [2.45, 2.75) is 0 Å². The Morgan fingerprint density at radius 2 is 2.05 bits per heavy atom. The fourth-order valence-electron chi connectivity index (χ4n) is 2.29. The van der Waals surface area contributed by atoms with Crippen molar-refractivity contribution in [1.82, 2.24) is 19.4 Å². The van der Waals surface area contributed by atoms with Crippen molar-refractivity contribution in [3.63, 3.8) is 0 Å². The molecule has 99 valence electrons. The Balaban J connectivity index is 0.00000121. The van der Waals surface area contributed by atoms with Gasteiger partial charge in [-0.2, -0.15) is 0 Å². The van der Waals surface area contributed by atoms with Gasteiger partial charge in [-0.3, -0.25) is 15.0 Å². The molecule has 0 N–H and O–H groups in total. The summed E-state index contributed by atoms with van der Waals surface area (Å²) in [5, 5.41) is 2.11. The Kier molecular flexibility index (Phi) is 3.30. The predicted octanol–water partition coefficient (Wildman–Crippen LogP) is 2.74. The van der Waals surface area contributed by atoms with Crippen LogP contribution in [0.1, 0.15) is 0 Å². The number of imidazole rings is 1. The Bertz CT molecular complexity index is 871. The minimum atomic E-state index is 0. The van der Waals surface area contributed by atoms with E-state index >= 15 is 0 Å². The van der Waals surface area contributed by atoms with Crippen molar-refractivity contribution in [1.29, 1.82) is 0 Å². The topological polar surface area (TPSA) is 43.1 Å². The number of fused-ring (bicyclic) bond motifs is 3. The van der Waals surface area contributed by atoms with E-state index < -0.39 is 0 Å². The van der Waals surface area contributed by atoms with Crippen molar-refractivity contribution in [3.8, 4) is 11.4 Å². The zero-order chi connectivity index (χ0) is 12.7. The van der Waals surface area contributed by atoms with Gasteiger partial charge in [0.1, 0.15) is 5.69 Å². The monoisotopic (exact) mass is 438 g/mol. The molecule has 1 aromatic carbocycles. The van der Waals surface area contributed by atoms with E-state index in [-0.39, 0.29) is 20.1 Å². The molecule has 4 aromatic rings. The summed E-state index contributed by atoms with van der Waals surface area (Å²) in [6, 6.07) is 11.3. The second kappa shape index (κ2) is 5.12. The van der Waals surface area contributed by atoms with Crippen molar-refractivity contribution < 1.29 is 20.1 Å². The van der Waals surface area contributed by atoms with Crippen LogP contribution in [-0.4, -0.2) is 19.4 Å². The number of nitrogens with zero attached hydrogens (tertiary/aromatic N) is 4. The summed E-state index contributed by atoms with van der Waals surface area (Å²) in [4.78, 5) is 12.9. The SMILES string of the molecule is [Ir].[c-]1cccc2cc(-c3cnccn3)n3ccnc3c12. The molecular formula is C15H9IrN4-. The smallest absolute Gasteiger partial charge is 0.104 e. The maximum absolute atomic E-state index is 4.42. The first kappa shape index (κ1) is 12.9. The molecule has 0 bridgehead atoms. The predicted molar refractivity (Wildman–Crippen MR) is 72.6 cm³/mol. The van der Waals surface area contributed by atoms with E-state index in [0.29, 0.717) is 0 Å². The molecule has 0 aliphatic heterocycles. The second-order valence-corrected chi connectivity index (χ2v) is 4.24. The average molecular weight is 437 g/mol. The molecule has 0 saturated carbocycles. The minimum absolute atomic E-state index is 0. The number of hydrogen-bond donors (Lipinski definition) is 0. The maximum atomic E-state index is 4.42. The molecule has 0 saturated heterocycles. The second-order valence-electron chi connectivity index (χ2n) is 4.24. The van der Waals surface area contributed by atoms with Crippen LogP contribution >= 0.6 is 0 Å².